The Labute approximate surface area is 138 Å². The van der Waals surface area contributed by atoms with Crippen LogP contribution in [-0.2, 0) is 5.92 Å². The van der Waals surface area contributed by atoms with E-state index in [-0.39, 0.29) is 11.3 Å². The number of ketones is 1. The second-order valence-corrected chi connectivity index (χ2v) is 5.51. The van der Waals surface area contributed by atoms with Crippen molar-refractivity contribution in [3.05, 3.63) is 89.7 Å². The Morgan fingerprint density at radius 2 is 1.46 bits per heavy atom. The van der Waals surface area contributed by atoms with Gasteiger partial charge in [-0.1, -0.05) is 60.7 Å². The number of halogens is 2. The Morgan fingerprint density at radius 1 is 0.833 bits per heavy atom. The average molecular weight is 323 g/mol. The van der Waals surface area contributed by atoms with E-state index in [0.717, 1.165) is 11.1 Å². The number of carbonyl (C=O) groups excluding carboxylic acids is 1. The molecule has 0 fully saturated rings. The molecule has 0 aliphatic rings. The summed E-state index contributed by atoms with van der Waals surface area (Å²) < 4.78 is 29.0. The van der Waals surface area contributed by atoms with Gasteiger partial charge in [-0.05, 0) is 30.2 Å². The largest absolute Gasteiger partial charge is 0.336 e. The molecule has 0 aliphatic carbocycles. The van der Waals surface area contributed by atoms with Crippen LogP contribution in [0.3, 0.4) is 0 Å². The summed E-state index contributed by atoms with van der Waals surface area (Å²) in [5.41, 5.74) is 1.70. The summed E-state index contributed by atoms with van der Waals surface area (Å²) in [6.07, 6.45) is 0. The van der Waals surface area contributed by atoms with Gasteiger partial charge in [-0.3, -0.25) is 4.79 Å². The van der Waals surface area contributed by atoms with E-state index in [4.69, 9.17) is 0 Å². The van der Waals surface area contributed by atoms with Gasteiger partial charge in [-0.25, -0.2) is 4.98 Å². The first-order valence-electron chi connectivity index (χ1n) is 7.51. The molecule has 1 aromatic heterocycles. The number of alkyl halides is 2. The maximum Gasteiger partial charge on any atom is 0.336 e. The van der Waals surface area contributed by atoms with Gasteiger partial charge in [0.05, 0.1) is 0 Å². The molecular weight excluding hydrogens is 308 g/mol. The number of Topliss-reactive ketones (excluding diaryl/α,β-unsaturated/α-hetero) is 1. The van der Waals surface area contributed by atoms with Crippen molar-refractivity contribution in [1.29, 1.82) is 0 Å². The van der Waals surface area contributed by atoms with Crippen LogP contribution in [0.5, 0.6) is 0 Å². The highest BCUT2D eigenvalue weighted by atomic mass is 19.3. The van der Waals surface area contributed by atoms with Crippen molar-refractivity contribution in [2.45, 2.75) is 12.8 Å². The van der Waals surface area contributed by atoms with Gasteiger partial charge in [-0.15, -0.1) is 0 Å². The Bertz CT molecular complexity index is 858. The molecule has 0 radical (unpaired) electrons. The highest BCUT2D eigenvalue weighted by Crippen LogP contribution is 2.33. The van der Waals surface area contributed by atoms with Crippen LogP contribution in [0.15, 0.2) is 72.8 Å². The second kappa shape index (κ2) is 6.32. The predicted molar refractivity (Wildman–Crippen MR) is 89.1 cm³/mol. The van der Waals surface area contributed by atoms with Crippen LogP contribution in [0.4, 0.5) is 8.78 Å². The molecule has 2 aromatic carbocycles. The summed E-state index contributed by atoms with van der Waals surface area (Å²) in [6, 6.07) is 19.7. The molecular formula is C20H15F2NO. The van der Waals surface area contributed by atoms with Gasteiger partial charge in [-0.2, -0.15) is 8.78 Å². The fraction of sp³-hybridized carbons (Fsp3) is 0.100. The lowest BCUT2D eigenvalue weighted by Crippen LogP contribution is -2.27. The molecule has 0 aliphatic heterocycles. The van der Waals surface area contributed by atoms with Gasteiger partial charge in [0, 0.05) is 11.3 Å². The van der Waals surface area contributed by atoms with Gasteiger partial charge in [0.15, 0.2) is 0 Å². The topological polar surface area (TPSA) is 30.0 Å². The lowest BCUT2D eigenvalue weighted by molar-refractivity contribution is 0.00692. The molecule has 0 spiro atoms. The Balaban J connectivity index is 1.91. The number of benzene rings is 2. The molecule has 0 saturated carbocycles. The molecule has 0 unspecified atom stereocenters. The Kier molecular flexibility index (Phi) is 4.21. The zero-order chi connectivity index (χ0) is 17.2. The first-order chi connectivity index (χ1) is 11.5. The van der Waals surface area contributed by atoms with E-state index in [2.05, 4.69) is 4.98 Å². The van der Waals surface area contributed by atoms with E-state index in [1.807, 2.05) is 30.3 Å². The third-order valence-corrected chi connectivity index (χ3v) is 3.76. The third-order valence-electron chi connectivity index (χ3n) is 3.76. The minimum absolute atomic E-state index is 0.230. The van der Waals surface area contributed by atoms with E-state index >= 15 is 0 Å². The summed E-state index contributed by atoms with van der Waals surface area (Å²) in [5.74, 6) is -4.91. The number of carbonyl (C=O) groups is 1. The van der Waals surface area contributed by atoms with Crippen LogP contribution in [0.25, 0.3) is 11.1 Å². The van der Waals surface area contributed by atoms with Crippen LogP contribution in [0.2, 0.25) is 0 Å². The van der Waals surface area contributed by atoms with Crippen molar-refractivity contribution in [1.82, 2.24) is 4.98 Å². The number of rotatable bonds is 4. The van der Waals surface area contributed by atoms with E-state index in [9.17, 15) is 13.6 Å². The summed E-state index contributed by atoms with van der Waals surface area (Å²) in [5, 5.41) is 0. The zero-order valence-corrected chi connectivity index (χ0v) is 13.0. The van der Waals surface area contributed by atoms with Crippen LogP contribution < -0.4 is 0 Å². The number of aromatic nitrogens is 1. The summed E-state index contributed by atoms with van der Waals surface area (Å²) >= 11 is 0. The lowest BCUT2D eigenvalue weighted by Gasteiger charge is -2.15. The molecule has 0 amide bonds. The number of aryl methyl sites for hydroxylation is 1. The molecule has 3 rings (SSSR count). The minimum atomic E-state index is -3.62. The quantitative estimate of drug-likeness (QED) is 0.630. The van der Waals surface area contributed by atoms with E-state index in [1.54, 1.807) is 31.2 Å². The van der Waals surface area contributed by atoms with E-state index in [1.165, 1.54) is 18.2 Å². The average Bonchev–Trinajstić information content (AvgIpc) is 2.62. The van der Waals surface area contributed by atoms with Crippen molar-refractivity contribution in [3.8, 4) is 11.1 Å². The monoisotopic (exact) mass is 323 g/mol. The van der Waals surface area contributed by atoms with Crippen LogP contribution in [0, 0.1) is 6.92 Å². The molecule has 0 atom stereocenters. The lowest BCUT2D eigenvalue weighted by atomic mass is 9.98. The highest BCUT2D eigenvalue weighted by molar-refractivity contribution is 6.00. The molecule has 0 bridgehead atoms. The van der Waals surface area contributed by atoms with Gasteiger partial charge < -0.3 is 0 Å². The molecule has 1 heterocycles. The molecule has 24 heavy (non-hydrogen) atoms. The van der Waals surface area contributed by atoms with Gasteiger partial charge in [0.1, 0.15) is 5.69 Å². The van der Waals surface area contributed by atoms with Gasteiger partial charge >= 0.3 is 5.92 Å². The van der Waals surface area contributed by atoms with Gasteiger partial charge in [0.25, 0.3) is 5.78 Å². The van der Waals surface area contributed by atoms with Crippen LogP contribution >= 0.6 is 0 Å². The predicted octanol–water partition coefficient (Wildman–Crippen LogP) is 5.03. The number of pyridine rings is 1. The first kappa shape index (κ1) is 16.0. The maximum atomic E-state index is 14.5. The van der Waals surface area contributed by atoms with Crippen LogP contribution in [-0.4, -0.2) is 10.8 Å². The molecule has 4 heteroatoms. The maximum absolute atomic E-state index is 14.5. The van der Waals surface area contributed by atoms with Crippen molar-refractivity contribution in [3.63, 3.8) is 0 Å². The Hall–Kier alpha value is -2.88. The van der Waals surface area contributed by atoms with E-state index < -0.39 is 11.7 Å². The van der Waals surface area contributed by atoms with Crippen molar-refractivity contribution in [2.75, 3.05) is 0 Å². The fourth-order valence-corrected chi connectivity index (χ4v) is 2.46. The highest BCUT2D eigenvalue weighted by Gasteiger charge is 2.42. The normalized spacial score (nSPS) is 11.3. The molecule has 3 aromatic rings. The number of hydrogen-bond donors (Lipinski definition) is 0. The minimum Gasteiger partial charge on any atom is -0.285 e. The zero-order valence-electron chi connectivity index (χ0n) is 13.0. The van der Waals surface area contributed by atoms with Crippen molar-refractivity contribution < 1.29 is 13.6 Å². The standard InChI is InChI=1S/C20H15F2NO/c1-14-6-5-9-18(23-14)19(24)20(21,22)17-12-10-16(11-13-17)15-7-3-2-4-8-15/h2-13H,1H3. The smallest absolute Gasteiger partial charge is 0.285 e. The summed E-state index contributed by atoms with van der Waals surface area (Å²) in [7, 11) is 0. The molecule has 0 saturated heterocycles. The SMILES string of the molecule is Cc1cccc(C(=O)C(F)(F)c2ccc(-c3ccccc3)cc2)n1. The molecule has 0 N–H and O–H groups in total. The second-order valence-electron chi connectivity index (χ2n) is 5.51. The third kappa shape index (κ3) is 3.08. The molecule has 120 valence electrons. The Morgan fingerprint density at radius 3 is 2.08 bits per heavy atom. The van der Waals surface area contributed by atoms with Crippen molar-refractivity contribution in [2.24, 2.45) is 0 Å². The summed E-state index contributed by atoms with van der Waals surface area (Å²) in [6.45, 7) is 1.66. The van der Waals surface area contributed by atoms with Crippen LogP contribution in [0.1, 0.15) is 21.7 Å². The fourth-order valence-electron chi connectivity index (χ4n) is 2.46. The number of nitrogens with zero attached hydrogens (tertiary/aromatic N) is 1. The summed E-state index contributed by atoms with van der Waals surface area (Å²) in [4.78, 5) is 16.1. The van der Waals surface area contributed by atoms with Crippen molar-refractivity contribution >= 4 is 5.78 Å². The number of hydrogen-bond acceptors (Lipinski definition) is 2. The first-order valence-corrected chi connectivity index (χ1v) is 7.51. The molecule has 2 nitrogen and oxygen atoms in total. The van der Waals surface area contributed by atoms with Gasteiger partial charge in [0.2, 0.25) is 0 Å². The van der Waals surface area contributed by atoms with E-state index in [0.29, 0.717) is 5.69 Å².